The number of rotatable bonds is 7. The van der Waals surface area contributed by atoms with Crippen molar-refractivity contribution in [1.29, 1.82) is 0 Å². The number of methoxy groups -OCH3 is 1. The molecule has 0 aliphatic carbocycles. The van der Waals surface area contributed by atoms with Gasteiger partial charge >= 0.3 is 5.97 Å². The third-order valence-electron chi connectivity index (χ3n) is 2.77. The number of carbonyl (C=O) groups excluding carboxylic acids is 2. The molecule has 0 atom stereocenters. The predicted molar refractivity (Wildman–Crippen MR) is 77.5 cm³/mol. The second-order valence-corrected chi connectivity index (χ2v) is 4.50. The Morgan fingerprint density at radius 3 is 2.57 bits per heavy atom. The van der Waals surface area contributed by atoms with Gasteiger partial charge in [0.15, 0.2) is 18.1 Å². The Bertz CT molecular complexity index is 501. The van der Waals surface area contributed by atoms with Gasteiger partial charge in [-0.25, -0.2) is 0 Å². The fraction of sp³-hybridized carbons (Fsp3) is 0.467. The average Bonchev–Trinajstić information content (AvgIpc) is 2.45. The second kappa shape index (κ2) is 8.14. The lowest BCUT2D eigenvalue weighted by Gasteiger charge is -2.17. The van der Waals surface area contributed by atoms with Crippen LogP contribution in [0.3, 0.4) is 0 Å². The van der Waals surface area contributed by atoms with Gasteiger partial charge in [-0.2, -0.15) is 0 Å². The highest BCUT2D eigenvalue weighted by molar-refractivity contribution is 5.82. The van der Waals surface area contributed by atoms with Crippen molar-refractivity contribution in [3.8, 4) is 11.5 Å². The Morgan fingerprint density at radius 2 is 1.95 bits per heavy atom. The third kappa shape index (κ3) is 5.33. The zero-order valence-electron chi connectivity index (χ0n) is 12.8. The number of esters is 1. The lowest BCUT2D eigenvalue weighted by atomic mass is 10.2. The molecular formula is C15H21NO5. The molecule has 0 N–H and O–H groups in total. The lowest BCUT2D eigenvalue weighted by molar-refractivity contribution is -0.148. The lowest BCUT2D eigenvalue weighted by Crippen LogP contribution is -2.36. The maximum Gasteiger partial charge on any atom is 0.325 e. The zero-order valence-corrected chi connectivity index (χ0v) is 12.8. The first-order valence-corrected chi connectivity index (χ1v) is 6.65. The zero-order chi connectivity index (χ0) is 15.8. The van der Waals surface area contributed by atoms with Gasteiger partial charge in [0.2, 0.25) is 0 Å². The van der Waals surface area contributed by atoms with Crippen molar-refractivity contribution in [2.24, 2.45) is 0 Å². The van der Waals surface area contributed by atoms with Gasteiger partial charge in [0, 0.05) is 7.05 Å². The van der Waals surface area contributed by atoms with Gasteiger partial charge in [-0.1, -0.05) is 6.07 Å². The molecular weight excluding hydrogens is 274 g/mol. The Labute approximate surface area is 124 Å². The van der Waals surface area contributed by atoms with E-state index in [0.29, 0.717) is 11.5 Å². The smallest absolute Gasteiger partial charge is 0.325 e. The van der Waals surface area contributed by atoms with Crippen LogP contribution in [0.1, 0.15) is 12.5 Å². The summed E-state index contributed by atoms with van der Waals surface area (Å²) < 4.78 is 15.4. The third-order valence-corrected chi connectivity index (χ3v) is 2.77. The number of carbonyl (C=O) groups is 2. The minimum atomic E-state index is -0.443. The van der Waals surface area contributed by atoms with Crippen LogP contribution in [0.5, 0.6) is 11.5 Å². The molecule has 0 radical (unpaired) electrons. The van der Waals surface area contributed by atoms with Crippen molar-refractivity contribution >= 4 is 11.9 Å². The van der Waals surface area contributed by atoms with Crippen molar-refractivity contribution in [1.82, 2.24) is 4.90 Å². The van der Waals surface area contributed by atoms with Gasteiger partial charge in [-0.3, -0.25) is 9.59 Å². The van der Waals surface area contributed by atoms with Crippen molar-refractivity contribution < 1.29 is 23.8 Å². The largest absolute Gasteiger partial charge is 0.493 e. The van der Waals surface area contributed by atoms with Crippen molar-refractivity contribution in [3.63, 3.8) is 0 Å². The van der Waals surface area contributed by atoms with Gasteiger partial charge in [-0.05, 0) is 31.5 Å². The van der Waals surface area contributed by atoms with E-state index in [1.165, 1.54) is 19.1 Å². The molecule has 21 heavy (non-hydrogen) atoms. The van der Waals surface area contributed by atoms with Crippen molar-refractivity contribution in [2.45, 2.75) is 13.8 Å². The standard InChI is InChI=1S/C15H21NO5/c1-5-20-15(18)9-16(3)14(17)10-21-12-7-6-11(2)8-13(12)19-4/h6-8H,5,9-10H2,1-4H3. The highest BCUT2D eigenvalue weighted by Gasteiger charge is 2.15. The SMILES string of the molecule is CCOC(=O)CN(C)C(=O)COc1ccc(C)cc1OC. The van der Waals surface area contributed by atoms with Gasteiger partial charge in [-0.15, -0.1) is 0 Å². The number of ether oxygens (including phenoxy) is 3. The summed E-state index contributed by atoms with van der Waals surface area (Å²) in [6.07, 6.45) is 0. The summed E-state index contributed by atoms with van der Waals surface area (Å²) in [6, 6.07) is 5.43. The summed E-state index contributed by atoms with van der Waals surface area (Å²) in [5.41, 5.74) is 1.03. The molecule has 0 spiro atoms. The molecule has 0 heterocycles. The molecule has 0 bridgehead atoms. The number of nitrogens with zero attached hydrogens (tertiary/aromatic N) is 1. The average molecular weight is 295 g/mol. The number of benzene rings is 1. The molecule has 1 aromatic carbocycles. The van der Waals surface area contributed by atoms with E-state index >= 15 is 0 Å². The van der Waals surface area contributed by atoms with Crippen LogP contribution in [0.4, 0.5) is 0 Å². The summed E-state index contributed by atoms with van der Waals surface area (Å²) in [4.78, 5) is 24.4. The van der Waals surface area contributed by atoms with E-state index in [1.807, 2.05) is 19.1 Å². The molecule has 6 heteroatoms. The normalized spacial score (nSPS) is 9.90. The number of aryl methyl sites for hydroxylation is 1. The number of amides is 1. The van der Waals surface area contributed by atoms with E-state index in [1.54, 1.807) is 13.0 Å². The quantitative estimate of drug-likeness (QED) is 0.712. The van der Waals surface area contributed by atoms with Gasteiger partial charge in [0.25, 0.3) is 5.91 Å². The Morgan fingerprint density at radius 1 is 1.24 bits per heavy atom. The van der Waals surface area contributed by atoms with Crippen LogP contribution in [0.2, 0.25) is 0 Å². The molecule has 0 saturated carbocycles. The maximum atomic E-state index is 11.9. The highest BCUT2D eigenvalue weighted by Crippen LogP contribution is 2.27. The highest BCUT2D eigenvalue weighted by atomic mass is 16.5. The number of hydrogen-bond acceptors (Lipinski definition) is 5. The fourth-order valence-electron chi connectivity index (χ4n) is 1.63. The monoisotopic (exact) mass is 295 g/mol. The van der Waals surface area contributed by atoms with Crippen molar-refractivity contribution in [2.75, 3.05) is 33.9 Å². The molecule has 1 amide bonds. The first-order chi connectivity index (χ1) is 9.97. The molecule has 0 aromatic heterocycles. The van der Waals surface area contributed by atoms with Crippen LogP contribution in [0.25, 0.3) is 0 Å². The summed E-state index contributed by atoms with van der Waals surface area (Å²) in [7, 11) is 3.06. The van der Waals surface area contributed by atoms with E-state index in [0.717, 1.165) is 5.56 Å². The first kappa shape index (κ1) is 16.8. The van der Waals surface area contributed by atoms with E-state index in [4.69, 9.17) is 14.2 Å². The molecule has 0 fully saturated rings. The maximum absolute atomic E-state index is 11.9. The first-order valence-electron chi connectivity index (χ1n) is 6.65. The van der Waals surface area contributed by atoms with Crippen LogP contribution in [-0.2, 0) is 14.3 Å². The summed E-state index contributed by atoms with van der Waals surface area (Å²) in [6.45, 7) is 3.67. The van der Waals surface area contributed by atoms with E-state index in [9.17, 15) is 9.59 Å². The minimum Gasteiger partial charge on any atom is -0.493 e. The summed E-state index contributed by atoms with van der Waals surface area (Å²) >= 11 is 0. The summed E-state index contributed by atoms with van der Waals surface area (Å²) in [5.74, 6) is 0.295. The minimum absolute atomic E-state index is 0.0962. The van der Waals surface area contributed by atoms with Crippen LogP contribution in [0.15, 0.2) is 18.2 Å². The Balaban J connectivity index is 2.54. The Kier molecular flexibility index (Phi) is 6.52. The molecule has 0 unspecified atom stereocenters. The van der Waals surface area contributed by atoms with E-state index in [-0.39, 0.29) is 25.7 Å². The van der Waals surface area contributed by atoms with Crippen LogP contribution in [0, 0.1) is 6.92 Å². The predicted octanol–water partition coefficient (Wildman–Crippen LogP) is 1.40. The van der Waals surface area contributed by atoms with Gasteiger partial charge in [0.05, 0.1) is 13.7 Å². The van der Waals surface area contributed by atoms with Crippen LogP contribution < -0.4 is 9.47 Å². The Hall–Kier alpha value is -2.24. The van der Waals surface area contributed by atoms with E-state index in [2.05, 4.69) is 0 Å². The molecule has 116 valence electrons. The molecule has 0 saturated heterocycles. The molecule has 1 aromatic rings. The molecule has 1 rings (SSSR count). The summed E-state index contributed by atoms with van der Waals surface area (Å²) in [5, 5.41) is 0. The second-order valence-electron chi connectivity index (χ2n) is 4.50. The molecule has 0 aliphatic rings. The van der Waals surface area contributed by atoms with E-state index < -0.39 is 5.97 Å². The number of likely N-dealkylation sites (N-methyl/N-ethyl adjacent to an activating group) is 1. The molecule has 0 aliphatic heterocycles. The van der Waals surface area contributed by atoms with Crippen LogP contribution >= 0.6 is 0 Å². The number of hydrogen-bond donors (Lipinski definition) is 0. The fourth-order valence-corrected chi connectivity index (χ4v) is 1.63. The molecule has 6 nitrogen and oxygen atoms in total. The van der Waals surface area contributed by atoms with Crippen LogP contribution in [-0.4, -0.2) is 50.7 Å². The topological polar surface area (TPSA) is 65.1 Å². The van der Waals surface area contributed by atoms with Gasteiger partial charge < -0.3 is 19.1 Å². The van der Waals surface area contributed by atoms with Gasteiger partial charge in [0.1, 0.15) is 6.54 Å². The van der Waals surface area contributed by atoms with Crippen molar-refractivity contribution in [3.05, 3.63) is 23.8 Å².